The van der Waals surface area contributed by atoms with E-state index in [1.165, 1.54) is 0 Å². The fraction of sp³-hybridized carbons (Fsp3) is 0.273. The zero-order valence-corrected chi connectivity index (χ0v) is 25.0. The van der Waals surface area contributed by atoms with Gasteiger partial charge in [-0.15, -0.1) is 0 Å². The van der Waals surface area contributed by atoms with Crippen LogP contribution in [0.3, 0.4) is 0 Å². The largest absolute Gasteiger partial charge is 0.504 e. The number of amides is 1. The molecule has 1 fully saturated rings. The number of H-pyrrole nitrogens is 1. The Kier molecular flexibility index (Phi) is 7.25. The summed E-state index contributed by atoms with van der Waals surface area (Å²) in [5, 5.41) is 13.3. The number of hydrogen-bond donors (Lipinski definition) is 3. The predicted octanol–water partition coefficient (Wildman–Crippen LogP) is 5.87. The van der Waals surface area contributed by atoms with Gasteiger partial charge < -0.3 is 19.6 Å². The van der Waals surface area contributed by atoms with Crippen molar-refractivity contribution in [2.45, 2.75) is 44.8 Å². The number of hydrogen-bond acceptors (Lipinski definition) is 7. The van der Waals surface area contributed by atoms with Crippen molar-refractivity contribution in [2.24, 2.45) is 0 Å². The van der Waals surface area contributed by atoms with Gasteiger partial charge in [0.05, 0.1) is 46.4 Å². The Morgan fingerprint density at radius 3 is 2.44 bits per heavy atom. The lowest BCUT2D eigenvalue weighted by molar-refractivity contribution is -0.121. The highest BCUT2D eigenvalue weighted by atomic mass is 32.2. The van der Waals surface area contributed by atoms with Crippen molar-refractivity contribution in [2.75, 3.05) is 13.2 Å². The van der Waals surface area contributed by atoms with Gasteiger partial charge in [-0.1, -0.05) is 48.5 Å². The summed E-state index contributed by atoms with van der Waals surface area (Å²) < 4.78 is 40.3. The van der Waals surface area contributed by atoms with E-state index in [1.54, 1.807) is 30.5 Å². The fourth-order valence-electron chi connectivity index (χ4n) is 5.83. The lowest BCUT2D eigenvalue weighted by Crippen LogP contribution is -2.39. The predicted molar refractivity (Wildman–Crippen MR) is 166 cm³/mol. The summed E-state index contributed by atoms with van der Waals surface area (Å²) >= 11 is 0. The maximum Gasteiger partial charge on any atom is 0.244 e. The molecule has 0 radical (unpaired) electrons. The number of aryl methyl sites for hydroxylation is 1. The second kappa shape index (κ2) is 10.9. The van der Waals surface area contributed by atoms with Crippen LogP contribution in [0.2, 0.25) is 0 Å². The molecule has 2 aromatic heterocycles. The number of aromatic hydroxyl groups is 1. The van der Waals surface area contributed by atoms with Crippen LogP contribution in [0.15, 0.2) is 66.9 Å². The van der Waals surface area contributed by atoms with Crippen molar-refractivity contribution >= 4 is 37.6 Å². The van der Waals surface area contributed by atoms with E-state index in [9.17, 15) is 18.3 Å². The van der Waals surface area contributed by atoms with Gasteiger partial charge in [0, 0.05) is 17.1 Å². The Morgan fingerprint density at radius 2 is 1.77 bits per heavy atom. The van der Waals surface area contributed by atoms with E-state index in [-0.39, 0.29) is 11.5 Å². The SMILES string of the molecule is CCOc1c(O)c2c(-c3ccc(CS(=O)(=O)NC(=O)C4(c5ccccc5)CC4)cc3C)[nH]c(OCC)c2c2ncccc12. The third-order valence-corrected chi connectivity index (χ3v) is 9.17. The Morgan fingerprint density at radius 1 is 1.02 bits per heavy atom. The van der Waals surface area contributed by atoms with Crippen molar-refractivity contribution in [3.8, 4) is 28.6 Å². The summed E-state index contributed by atoms with van der Waals surface area (Å²) in [6.45, 7) is 6.34. The van der Waals surface area contributed by atoms with Gasteiger partial charge in [-0.2, -0.15) is 0 Å². The summed E-state index contributed by atoms with van der Waals surface area (Å²) in [5.74, 6) is -0.0722. The minimum absolute atomic E-state index is 0.0317. The van der Waals surface area contributed by atoms with Crippen LogP contribution < -0.4 is 14.2 Å². The van der Waals surface area contributed by atoms with Crippen LogP contribution in [0.4, 0.5) is 0 Å². The number of aromatic amines is 1. The highest BCUT2D eigenvalue weighted by molar-refractivity contribution is 7.89. The zero-order valence-electron chi connectivity index (χ0n) is 24.2. The monoisotopic (exact) mass is 599 g/mol. The second-order valence-corrected chi connectivity index (χ2v) is 12.5. The molecule has 6 rings (SSSR count). The first-order valence-electron chi connectivity index (χ1n) is 14.3. The molecule has 1 saturated carbocycles. The minimum atomic E-state index is -3.95. The minimum Gasteiger partial charge on any atom is -0.504 e. The van der Waals surface area contributed by atoms with Crippen molar-refractivity contribution in [3.05, 3.63) is 83.6 Å². The molecule has 5 aromatic rings. The lowest BCUT2D eigenvalue weighted by Gasteiger charge is -2.16. The van der Waals surface area contributed by atoms with E-state index < -0.39 is 21.3 Å². The first-order chi connectivity index (χ1) is 20.7. The molecule has 0 spiro atoms. The number of carbonyl (C=O) groups is 1. The number of nitrogens with one attached hydrogen (secondary N) is 2. The summed E-state index contributed by atoms with van der Waals surface area (Å²) in [6, 6.07) is 18.2. The van der Waals surface area contributed by atoms with Gasteiger partial charge >= 0.3 is 0 Å². The number of fused-ring (bicyclic) bond motifs is 3. The van der Waals surface area contributed by atoms with Gasteiger partial charge in [-0.25, -0.2) is 8.42 Å². The van der Waals surface area contributed by atoms with Gasteiger partial charge in [-0.3, -0.25) is 14.5 Å². The molecule has 2 heterocycles. The molecule has 10 heteroatoms. The van der Waals surface area contributed by atoms with E-state index >= 15 is 0 Å². The summed E-state index contributed by atoms with van der Waals surface area (Å²) in [7, 11) is -3.95. The zero-order chi connectivity index (χ0) is 30.4. The van der Waals surface area contributed by atoms with E-state index in [4.69, 9.17) is 9.47 Å². The summed E-state index contributed by atoms with van der Waals surface area (Å²) in [5.41, 5.74) is 3.31. The second-order valence-electron chi connectivity index (χ2n) is 10.8. The molecule has 1 amide bonds. The lowest BCUT2D eigenvalue weighted by atomic mass is 9.96. The van der Waals surface area contributed by atoms with Gasteiger partial charge in [0.15, 0.2) is 11.5 Å². The molecule has 3 N–H and O–H groups in total. The number of carbonyl (C=O) groups excluding carboxylic acids is 1. The molecule has 222 valence electrons. The smallest absolute Gasteiger partial charge is 0.244 e. The number of aromatic nitrogens is 2. The standard InChI is InChI=1S/C33H33N3O6S/c1-4-41-30-24-12-9-17-34-27(24)26-25(29(30)37)28(35-31(26)42-5-2)23-14-13-21(18-20(23)3)19-43(39,40)36-32(38)33(15-16-33)22-10-7-6-8-11-22/h6-14,17-18,35,37H,4-5,15-16,19H2,1-3H3,(H,36,38). The summed E-state index contributed by atoms with van der Waals surface area (Å²) in [6.07, 6.45) is 2.91. The van der Waals surface area contributed by atoms with Crippen LogP contribution in [0.1, 0.15) is 43.4 Å². The molecule has 0 atom stereocenters. The molecule has 1 aliphatic carbocycles. The molecule has 0 aliphatic heterocycles. The van der Waals surface area contributed by atoms with Crippen LogP contribution in [0.5, 0.6) is 17.4 Å². The number of nitrogens with zero attached hydrogens (tertiary/aromatic N) is 1. The van der Waals surface area contributed by atoms with Gasteiger partial charge in [0.2, 0.25) is 21.8 Å². The Balaban J connectivity index is 1.35. The molecule has 0 saturated heterocycles. The normalized spacial score (nSPS) is 14.1. The number of benzene rings is 3. The molecule has 3 aromatic carbocycles. The van der Waals surface area contributed by atoms with Gasteiger partial charge in [0.25, 0.3) is 0 Å². The average Bonchev–Trinajstić information content (AvgIpc) is 3.72. The Hall–Kier alpha value is -4.57. The maximum absolute atomic E-state index is 13.1. The number of ether oxygens (including phenoxy) is 2. The fourth-order valence-corrected chi connectivity index (χ4v) is 7.00. The van der Waals surface area contributed by atoms with Crippen molar-refractivity contribution < 1.29 is 27.8 Å². The highest BCUT2D eigenvalue weighted by Crippen LogP contribution is 2.50. The Labute approximate surface area is 249 Å². The Bertz CT molecular complexity index is 1960. The van der Waals surface area contributed by atoms with Crippen molar-refractivity contribution in [3.63, 3.8) is 0 Å². The van der Waals surface area contributed by atoms with E-state index in [2.05, 4.69) is 14.7 Å². The van der Waals surface area contributed by atoms with Crippen molar-refractivity contribution in [1.82, 2.24) is 14.7 Å². The third-order valence-electron chi connectivity index (χ3n) is 7.96. The number of pyridine rings is 1. The van der Waals surface area contributed by atoms with Crippen LogP contribution >= 0.6 is 0 Å². The van der Waals surface area contributed by atoms with Gasteiger partial charge in [0.1, 0.15) is 0 Å². The van der Waals surface area contributed by atoms with Crippen LogP contribution in [-0.4, -0.2) is 42.6 Å². The maximum atomic E-state index is 13.1. The summed E-state index contributed by atoms with van der Waals surface area (Å²) in [4.78, 5) is 21.0. The first kappa shape index (κ1) is 28.5. The average molecular weight is 600 g/mol. The number of sulfonamides is 1. The topological polar surface area (TPSA) is 131 Å². The molecular weight excluding hydrogens is 566 g/mol. The van der Waals surface area contributed by atoms with Crippen LogP contribution in [0.25, 0.3) is 32.9 Å². The number of rotatable bonds is 10. The quantitative estimate of drug-likeness (QED) is 0.183. The number of phenols is 1. The number of phenolic OH excluding ortho intramolecular Hbond substituents is 1. The van der Waals surface area contributed by atoms with Crippen LogP contribution in [0, 0.1) is 6.92 Å². The van der Waals surface area contributed by atoms with E-state index in [0.717, 1.165) is 16.7 Å². The van der Waals surface area contributed by atoms with E-state index in [1.807, 2.05) is 57.2 Å². The first-order valence-corrected chi connectivity index (χ1v) is 16.0. The molecule has 43 heavy (non-hydrogen) atoms. The molecule has 1 aliphatic rings. The van der Waals surface area contributed by atoms with Crippen molar-refractivity contribution in [1.29, 1.82) is 0 Å². The van der Waals surface area contributed by atoms with E-state index in [0.29, 0.717) is 70.6 Å². The third kappa shape index (κ3) is 5.05. The highest BCUT2D eigenvalue weighted by Gasteiger charge is 2.52. The molecular formula is C33H33N3O6S. The molecule has 0 unspecified atom stereocenters. The van der Waals surface area contributed by atoms with Gasteiger partial charge in [-0.05, 0) is 62.4 Å². The molecule has 0 bridgehead atoms. The molecule has 9 nitrogen and oxygen atoms in total. The van der Waals surface area contributed by atoms with Crippen LogP contribution in [-0.2, 0) is 26.0 Å².